The van der Waals surface area contributed by atoms with Crippen LogP contribution in [-0.4, -0.2) is 41.1 Å². The SMILES string of the molecule is COc1cccc(CCNC(=O)c2nc(C(=O)NC(C)C)c3n2CCCC3)c1. The minimum atomic E-state index is -0.241. The Morgan fingerprint density at radius 2 is 2.07 bits per heavy atom. The van der Waals surface area contributed by atoms with Crippen molar-refractivity contribution in [2.24, 2.45) is 0 Å². The predicted molar refractivity (Wildman–Crippen MR) is 107 cm³/mol. The number of hydrogen-bond donors (Lipinski definition) is 2. The van der Waals surface area contributed by atoms with Crippen LogP contribution in [0.25, 0.3) is 0 Å². The van der Waals surface area contributed by atoms with Crippen LogP contribution in [0.5, 0.6) is 5.75 Å². The molecule has 1 aromatic carbocycles. The molecule has 2 aromatic rings. The molecule has 150 valence electrons. The van der Waals surface area contributed by atoms with Crippen molar-refractivity contribution < 1.29 is 14.3 Å². The third-order valence-corrected chi connectivity index (χ3v) is 4.79. The van der Waals surface area contributed by atoms with E-state index in [4.69, 9.17) is 4.74 Å². The molecule has 0 radical (unpaired) electrons. The highest BCUT2D eigenvalue weighted by molar-refractivity contribution is 5.97. The molecule has 1 aliphatic rings. The van der Waals surface area contributed by atoms with Crippen LogP contribution in [0.3, 0.4) is 0 Å². The van der Waals surface area contributed by atoms with Gasteiger partial charge in [0, 0.05) is 19.1 Å². The second-order valence-electron chi connectivity index (χ2n) is 7.33. The van der Waals surface area contributed by atoms with Gasteiger partial charge in [-0.25, -0.2) is 4.98 Å². The maximum Gasteiger partial charge on any atom is 0.287 e. The summed E-state index contributed by atoms with van der Waals surface area (Å²) in [6.45, 7) is 5.02. The molecule has 7 heteroatoms. The van der Waals surface area contributed by atoms with Gasteiger partial charge >= 0.3 is 0 Å². The Balaban J connectivity index is 1.70. The number of carbonyl (C=O) groups is 2. The lowest BCUT2D eigenvalue weighted by molar-refractivity contribution is 0.0936. The zero-order valence-electron chi connectivity index (χ0n) is 16.7. The fraction of sp³-hybridized carbons (Fsp3) is 0.476. The van der Waals surface area contributed by atoms with Crippen molar-refractivity contribution in [1.29, 1.82) is 0 Å². The van der Waals surface area contributed by atoms with Crippen LogP contribution in [0.4, 0.5) is 0 Å². The summed E-state index contributed by atoms with van der Waals surface area (Å²) in [6, 6.07) is 7.80. The summed E-state index contributed by atoms with van der Waals surface area (Å²) >= 11 is 0. The van der Waals surface area contributed by atoms with Crippen molar-refractivity contribution in [3.8, 4) is 5.75 Å². The smallest absolute Gasteiger partial charge is 0.287 e. The monoisotopic (exact) mass is 384 g/mol. The van der Waals surface area contributed by atoms with Crippen LogP contribution in [-0.2, 0) is 19.4 Å². The lowest BCUT2D eigenvalue weighted by Crippen LogP contribution is -2.31. The van der Waals surface area contributed by atoms with Gasteiger partial charge < -0.3 is 19.9 Å². The number of rotatable bonds is 7. The normalized spacial score (nSPS) is 13.1. The summed E-state index contributed by atoms with van der Waals surface area (Å²) in [4.78, 5) is 29.6. The van der Waals surface area contributed by atoms with Gasteiger partial charge in [-0.15, -0.1) is 0 Å². The Morgan fingerprint density at radius 1 is 1.25 bits per heavy atom. The first-order valence-electron chi connectivity index (χ1n) is 9.81. The van der Waals surface area contributed by atoms with Gasteiger partial charge in [0.15, 0.2) is 5.82 Å². The minimum absolute atomic E-state index is 0.0218. The number of carbonyl (C=O) groups excluding carboxylic acids is 2. The fourth-order valence-corrected chi connectivity index (χ4v) is 3.46. The first kappa shape index (κ1) is 19.9. The van der Waals surface area contributed by atoms with Gasteiger partial charge in [0.05, 0.1) is 12.8 Å². The molecule has 2 N–H and O–H groups in total. The van der Waals surface area contributed by atoms with E-state index in [2.05, 4.69) is 15.6 Å². The predicted octanol–water partition coefficient (Wildman–Crippen LogP) is 2.34. The molecular weight excluding hydrogens is 356 g/mol. The second-order valence-corrected chi connectivity index (χ2v) is 7.33. The zero-order valence-corrected chi connectivity index (χ0v) is 16.7. The van der Waals surface area contributed by atoms with E-state index < -0.39 is 0 Å². The van der Waals surface area contributed by atoms with Gasteiger partial charge in [0.25, 0.3) is 11.8 Å². The second kappa shape index (κ2) is 8.91. The average molecular weight is 384 g/mol. The van der Waals surface area contributed by atoms with E-state index in [-0.39, 0.29) is 17.9 Å². The molecule has 0 spiro atoms. The van der Waals surface area contributed by atoms with Gasteiger partial charge in [-0.05, 0) is 57.2 Å². The third kappa shape index (κ3) is 4.52. The highest BCUT2D eigenvalue weighted by Crippen LogP contribution is 2.21. The highest BCUT2D eigenvalue weighted by Gasteiger charge is 2.27. The topological polar surface area (TPSA) is 85.2 Å². The third-order valence-electron chi connectivity index (χ3n) is 4.79. The molecule has 1 aliphatic heterocycles. The average Bonchev–Trinajstić information content (AvgIpc) is 3.07. The minimum Gasteiger partial charge on any atom is -0.497 e. The number of aromatic nitrogens is 2. The molecule has 0 atom stereocenters. The van der Waals surface area contributed by atoms with Crippen molar-refractivity contribution in [3.63, 3.8) is 0 Å². The number of imidazole rings is 1. The largest absolute Gasteiger partial charge is 0.497 e. The zero-order chi connectivity index (χ0) is 20.1. The summed E-state index contributed by atoms with van der Waals surface area (Å²) in [5, 5.41) is 5.81. The quantitative estimate of drug-likeness (QED) is 0.767. The van der Waals surface area contributed by atoms with E-state index in [1.54, 1.807) is 7.11 Å². The summed E-state index contributed by atoms with van der Waals surface area (Å²) in [6.07, 6.45) is 3.45. The van der Waals surface area contributed by atoms with Gasteiger partial charge in [-0.2, -0.15) is 0 Å². The number of nitrogens with zero attached hydrogens (tertiary/aromatic N) is 2. The molecule has 3 rings (SSSR count). The number of fused-ring (bicyclic) bond motifs is 1. The molecule has 1 aromatic heterocycles. The van der Waals surface area contributed by atoms with Crippen molar-refractivity contribution >= 4 is 11.8 Å². The molecule has 0 aliphatic carbocycles. The van der Waals surface area contributed by atoms with E-state index >= 15 is 0 Å². The number of ether oxygens (including phenoxy) is 1. The molecule has 0 saturated heterocycles. The van der Waals surface area contributed by atoms with Crippen molar-refractivity contribution in [1.82, 2.24) is 20.2 Å². The van der Waals surface area contributed by atoms with Crippen molar-refractivity contribution in [3.05, 3.63) is 47.0 Å². The molecule has 0 fully saturated rings. The molecular formula is C21H28N4O3. The molecule has 2 amide bonds. The van der Waals surface area contributed by atoms with Crippen LogP contribution in [0.1, 0.15) is 59.1 Å². The molecule has 0 bridgehead atoms. The van der Waals surface area contributed by atoms with Gasteiger partial charge in [-0.3, -0.25) is 9.59 Å². The molecule has 0 unspecified atom stereocenters. The van der Waals surface area contributed by atoms with Crippen LogP contribution in [0, 0.1) is 0 Å². The van der Waals surface area contributed by atoms with E-state index in [1.807, 2.05) is 42.7 Å². The lowest BCUT2D eigenvalue weighted by Gasteiger charge is -2.17. The summed E-state index contributed by atoms with van der Waals surface area (Å²) < 4.78 is 7.13. The van der Waals surface area contributed by atoms with Crippen LogP contribution in [0.2, 0.25) is 0 Å². The maximum atomic E-state index is 12.7. The van der Waals surface area contributed by atoms with Crippen molar-refractivity contribution in [2.75, 3.05) is 13.7 Å². The Hall–Kier alpha value is -2.83. The van der Waals surface area contributed by atoms with E-state index in [1.165, 1.54) is 0 Å². The fourth-order valence-electron chi connectivity index (χ4n) is 3.46. The number of nitrogens with one attached hydrogen (secondary N) is 2. The Labute approximate surface area is 165 Å². The lowest BCUT2D eigenvalue weighted by atomic mass is 10.1. The Kier molecular flexibility index (Phi) is 6.34. The Bertz CT molecular complexity index is 857. The van der Waals surface area contributed by atoms with Gasteiger partial charge in [-0.1, -0.05) is 12.1 Å². The van der Waals surface area contributed by atoms with Crippen molar-refractivity contribution in [2.45, 2.75) is 52.1 Å². The van der Waals surface area contributed by atoms with E-state index in [0.717, 1.165) is 42.8 Å². The summed E-state index contributed by atoms with van der Waals surface area (Å²) in [7, 11) is 1.63. The maximum absolute atomic E-state index is 12.7. The first-order valence-corrected chi connectivity index (χ1v) is 9.81. The number of hydrogen-bond acceptors (Lipinski definition) is 4. The first-order chi connectivity index (χ1) is 13.5. The van der Waals surface area contributed by atoms with E-state index in [0.29, 0.717) is 24.5 Å². The van der Waals surface area contributed by atoms with Crippen LogP contribution >= 0.6 is 0 Å². The van der Waals surface area contributed by atoms with Crippen LogP contribution in [0.15, 0.2) is 24.3 Å². The Morgan fingerprint density at radius 3 is 2.82 bits per heavy atom. The number of amides is 2. The van der Waals surface area contributed by atoms with Gasteiger partial charge in [0.1, 0.15) is 11.4 Å². The van der Waals surface area contributed by atoms with Crippen LogP contribution < -0.4 is 15.4 Å². The summed E-state index contributed by atoms with van der Waals surface area (Å²) in [5.41, 5.74) is 2.33. The molecule has 7 nitrogen and oxygen atoms in total. The standard InChI is InChI=1S/C21H28N4O3/c1-14(2)23-20(26)18-17-9-4-5-12-25(17)19(24-18)21(27)22-11-10-15-7-6-8-16(13-15)28-3/h6-8,13-14H,4-5,9-12H2,1-3H3,(H,22,27)(H,23,26). The summed E-state index contributed by atoms with van der Waals surface area (Å²) in [5.74, 6) is 0.673. The molecule has 28 heavy (non-hydrogen) atoms. The van der Waals surface area contributed by atoms with E-state index in [9.17, 15) is 9.59 Å². The van der Waals surface area contributed by atoms with Gasteiger partial charge in [0.2, 0.25) is 0 Å². The molecule has 2 heterocycles. The highest BCUT2D eigenvalue weighted by atomic mass is 16.5. The molecule has 0 saturated carbocycles. The number of methoxy groups -OCH3 is 1. The number of benzene rings is 1.